The van der Waals surface area contributed by atoms with Crippen molar-refractivity contribution in [3.05, 3.63) is 89.4 Å². The minimum absolute atomic E-state index is 0.105. The highest BCUT2D eigenvalue weighted by Gasteiger charge is 2.21. The van der Waals surface area contributed by atoms with Crippen molar-refractivity contribution in [2.24, 2.45) is 0 Å². The van der Waals surface area contributed by atoms with Crippen LogP contribution in [0.4, 0.5) is 0 Å². The van der Waals surface area contributed by atoms with E-state index >= 15 is 0 Å². The number of H-pyrrole nitrogens is 1. The number of rotatable bonds is 7. The number of carbonyl (C=O) groups excluding carboxylic acids is 1. The number of ether oxygens (including phenoxy) is 2. The summed E-state index contributed by atoms with van der Waals surface area (Å²) in [5.74, 6) is 1.21. The summed E-state index contributed by atoms with van der Waals surface area (Å²) in [5, 5.41) is 0.834. The lowest BCUT2D eigenvalue weighted by Crippen LogP contribution is -2.31. The monoisotopic (exact) mass is 415 g/mol. The highest BCUT2D eigenvalue weighted by atomic mass is 16.5. The van der Waals surface area contributed by atoms with E-state index in [2.05, 4.69) is 9.97 Å². The molecule has 0 radical (unpaired) electrons. The number of hydrogen-bond acceptors (Lipinski definition) is 4. The predicted octanol–water partition coefficient (Wildman–Crippen LogP) is 4.73. The van der Waals surface area contributed by atoms with E-state index in [9.17, 15) is 4.79 Å². The van der Waals surface area contributed by atoms with Crippen LogP contribution in [0.25, 0.3) is 10.9 Å². The van der Waals surface area contributed by atoms with Gasteiger partial charge < -0.3 is 19.4 Å². The molecule has 0 unspecified atom stereocenters. The maximum absolute atomic E-state index is 13.6. The summed E-state index contributed by atoms with van der Waals surface area (Å²) in [6, 6.07) is 19.4. The molecule has 0 spiro atoms. The quantitative estimate of drug-likeness (QED) is 0.474. The summed E-state index contributed by atoms with van der Waals surface area (Å²) in [6.45, 7) is 2.90. The average molecular weight is 415 g/mol. The second-order valence-electron chi connectivity index (χ2n) is 7.39. The highest BCUT2D eigenvalue weighted by molar-refractivity contribution is 6.00. The topological polar surface area (TPSA) is 67.5 Å². The zero-order valence-electron chi connectivity index (χ0n) is 17.9. The third-order valence-electron chi connectivity index (χ3n) is 5.32. The van der Waals surface area contributed by atoms with Gasteiger partial charge in [-0.05, 0) is 30.2 Å². The molecular formula is C25H25N3O3. The molecule has 4 aromatic rings. The molecule has 2 aromatic carbocycles. The Morgan fingerprint density at radius 3 is 2.52 bits per heavy atom. The molecule has 0 aliphatic rings. The van der Waals surface area contributed by atoms with Gasteiger partial charge in [0.05, 0.1) is 32.0 Å². The first kappa shape index (κ1) is 20.5. The number of nitrogens with zero attached hydrogens (tertiary/aromatic N) is 2. The van der Waals surface area contributed by atoms with E-state index in [1.807, 2.05) is 67.6 Å². The Morgan fingerprint density at radius 1 is 1.00 bits per heavy atom. The SMILES string of the molecule is COc1cc(OC)c2cc(C(=O)N(Cc3ccccc3)Cc3ncccc3C)[nH]c2c1. The number of pyridine rings is 1. The highest BCUT2D eigenvalue weighted by Crippen LogP contribution is 2.32. The van der Waals surface area contributed by atoms with Gasteiger partial charge in [0.2, 0.25) is 0 Å². The predicted molar refractivity (Wildman–Crippen MR) is 120 cm³/mol. The summed E-state index contributed by atoms with van der Waals surface area (Å²) in [5.41, 5.74) is 4.26. The lowest BCUT2D eigenvalue weighted by molar-refractivity contribution is 0.0722. The van der Waals surface area contributed by atoms with Crippen molar-refractivity contribution in [1.29, 1.82) is 0 Å². The summed E-state index contributed by atoms with van der Waals surface area (Å²) in [4.78, 5) is 23.1. The number of amides is 1. The van der Waals surface area contributed by atoms with Crippen LogP contribution in [0.2, 0.25) is 0 Å². The third kappa shape index (κ3) is 4.38. The number of benzene rings is 2. The van der Waals surface area contributed by atoms with Gasteiger partial charge in [-0.15, -0.1) is 0 Å². The minimum Gasteiger partial charge on any atom is -0.497 e. The van der Waals surface area contributed by atoms with E-state index in [0.717, 1.165) is 27.7 Å². The number of hydrogen-bond donors (Lipinski definition) is 1. The molecule has 1 amide bonds. The van der Waals surface area contributed by atoms with Crippen molar-refractivity contribution >= 4 is 16.8 Å². The van der Waals surface area contributed by atoms with Crippen LogP contribution >= 0.6 is 0 Å². The van der Waals surface area contributed by atoms with E-state index in [1.54, 1.807) is 25.3 Å². The average Bonchev–Trinajstić information content (AvgIpc) is 3.23. The first-order chi connectivity index (χ1) is 15.1. The number of aromatic nitrogens is 2. The Hall–Kier alpha value is -3.80. The zero-order valence-corrected chi connectivity index (χ0v) is 17.9. The van der Waals surface area contributed by atoms with Gasteiger partial charge in [0.25, 0.3) is 5.91 Å². The standard InChI is InChI=1S/C25H25N3O3/c1-17-8-7-11-26-23(17)16-28(15-18-9-5-4-6-10-18)25(29)22-14-20-21(27-22)12-19(30-2)13-24(20)31-3/h4-14,27H,15-16H2,1-3H3. The van der Waals surface area contributed by atoms with E-state index in [1.165, 1.54) is 0 Å². The largest absolute Gasteiger partial charge is 0.497 e. The van der Waals surface area contributed by atoms with E-state index in [-0.39, 0.29) is 5.91 Å². The Kier molecular flexibility index (Phi) is 5.89. The van der Waals surface area contributed by atoms with E-state index in [0.29, 0.717) is 30.3 Å². The molecule has 2 heterocycles. The number of aromatic amines is 1. The molecule has 1 N–H and O–H groups in total. The van der Waals surface area contributed by atoms with Crippen LogP contribution in [0.15, 0.2) is 66.9 Å². The number of aryl methyl sites for hydroxylation is 1. The molecule has 0 saturated carbocycles. The van der Waals surface area contributed by atoms with Gasteiger partial charge >= 0.3 is 0 Å². The molecule has 0 aliphatic heterocycles. The molecule has 0 fully saturated rings. The third-order valence-corrected chi connectivity index (χ3v) is 5.32. The zero-order chi connectivity index (χ0) is 21.8. The van der Waals surface area contributed by atoms with E-state index < -0.39 is 0 Å². The van der Waals surface area contributed by atoms with Gasteiger partial charge in [-0.2, -0.15) is 0 Å². The maximum atomic E-state index is 13.6. The van der Waals surface area contributed by atoms with E-state index in [4.69, 9.17) is 9.47 Å². The van der Waals surface area contributed by atoms with Crippen molar-refractivity contribution in [2.75, 3.05) is 14.2 Å². The first-order valence-corrected chi connectivity index (χ1v) is 10.1. The van der Waals surface area contributed by atoms with Gasteiger partial charge in [0.1, 0.15) is 17.2 Å². The van der Waals surface area contributed by atoms with Gasteiger partial charge in [0, 0.05) is 30.3 Å². The number of methoxy groups -OCH3 is 2. The lowest BCUT2D eigenvalue weighted by atomic mass is 10.1. The fourth-order valence-electron chi connectivity index (χ4n) is 3.62. The molecule has 2 aromatic heterocycles. The molecular weight excluding hydrogens is 390 g/mol. The molecule has 0 bridgehead atoms. The number of nitrogens with one attached hydrogen (secondary N) is 1. The summed E-state index contributed by atoms with van der Waals surface area (Å²) >= 11 is 0. The molecule has 31 heavy (non-hydrogen) atoms. The summed E-state index contributed by atoms with van der Waals surface area (Å²) in [7, 11) is 3.21. The van der Waals surface area contributed by atoms with Crippen LogP contribution in [0.5, 0.6) is 11.5 Å². The molecule has 0 aliphatic carbocycles. The van der Waals surface area contributed by atoms with Crippen molar-refractivity contribution in [2.45, 2.75) is 20.0 Å². The van der Waals surface area contributed by atoms with Crippen LogP contribution in [0.3, 0.4) is 0 Å². The fourth-order valence-corrected chi connectivity index (χ4v) is 3.62. The minimum atomic E-state index is -0.105. The molecule has 0 atom stereocenters. The Balaban J connectivity index is 1.71. The number of carbonyl (C=O) groups is 1. The molecule has 0 saturated heterocycles. The first-order valence-electron chi connectivity index (χ1n) is 10.1. The van der Waals surface area contributed by atoms with Gasteiger partial charge in [-0.3, -0.25) is 9.78 Å². The fraction of sp³-hybridized carbons (Fsp3) is 0.200. The second-order valence-corrected chi connectivity index (χ2v) is 7.39. The van der Waals surface area contributed by atoms with Crippen LogP contribution < -0.4 is 9.47 Å². The van der Waals surface area contributed by atoms with Crippen LogP contribution in [0.1, 0.15) is 27.3 Å². The molecule has 6 nitrogen and oxygen atoms in total. The van der Waals surface area contributed by atoms with Crippen molar-refractivity contribution in [1.82, 2.24) is 14.9 Å². The summed E-state index contributed by atoms with van der Waals surface area (Å²) in [6.07, 6.45) is 1.76. The van der Waals surface area contributed by atoms with Crippen molar-refractivity contribution in [3.8, 4) is 11.5 Å². The Labute approximate surface area is 181 Å². The lowest BCUT2D eigenvalue weighted by Gasteiger charge is -2.23. The summed E-state index contributed by atoms with van der Waals surface area (Å²) < 4.78 is 10.8. The number of fused-ring (bicyclic) bond motifs is 1. The normalized spacial score (nSPS) is 10.8. The van der Waals surface area contributed by atoms with Crippen molar-refractivity contribution < 1.29 is 14.3 Å². The molecule has 4 rings (SSSR count). The Bertz CT molecular complexity index is 1200. The molecule has 6 heteroatoms. The van der Waals surface area contributed by atoms with Gasteiger partial charge in [0.15, 0.2) is 0 Å². The van der Waals surface area contributed by atoms with Crippen LogP contribution in [0, 0.1) is 6.92 Å². The second kappa shape index (κ2) is 8.92. The van der Waals surface area contributed by atoms with Crippen LogP contribution in [-0.4, -0.2) is 35.0 Å². The molecule has 158 valence electrons. The van der Waals surface area contributed by atoms with Crippen LogP contribution in [-0.2, 0) is 13.1 Å². The van der Waals surface area contributed by atoms with Crippen molar-refractivity contribution in [3.63, 3.8) is 0 Å². The van der Waals surface area contributed by atoms with Gasteiger partial charge in [-0.25, -0.2) is 0 Å². The smallest absolute Gasteiger partial charge is 0.270 e. The maximum Gasteiger partial charge on any atom is 0.270 e. The Morgan fingerprint density at radius 2 is 1.81 bits per heavy atom. The van der Waals surface area contributed by atoms with Gasteiger partial charge in [-0.1, -0.05) is 36.4 Å².